The van der Waals surface area contributed by atoms with Crippen molar-refractivity contribution in [1.82, 2.24) is 4.57 Å². The smallest absolute Gasteiger partial charge is 0.153 e. The maximum Gasteiger partial charge on any atom is 0.153 e. The molecule has 92 valence electrons. The van der Waals surface area contributed by atoms with Crippen LogP contribution in [0.1, 0.15) is 10.4 Å². The summed E-state index contributed by atoms with van der Waals surface area (Å²) in [4.78, 5) is 11.0. The van der Waals surface area contributed by atoms with Crippen LogP contribution in [0.3, 0.4) is 0 Å². The van der Waals surface area contributed by atoms with Gasteiger partial charge in [-0.1, -0.05) is 48.6 Å². The standard InChI is InChI=1S/C16H11NOS/c18-11-13-7-4-10-17(16(13)19)15-9-3-6-12-5-1-2-8-14(12)15/h1-11H. The molecule has 2 aromatic carbocycles. The van der Waals surface area contributed by atoms with Crippen molar-refractivity contribution in [3.8, 4) is 5.69 Å². The van der Waals surface area contributed by atoms with Crippen LogP contribution in [0.25, 0.3) is 16.5 Å². The van der Waals surface area contributed by atoms with Gasteiger partial charge in [0.25, 0.3) is 0 Å². The van der Waals surface area contributed by atoms with Crippen molar-refractivity contribution in [1.29, 1.82) is 0 Å². The molecule has 19 heavy (non-hydrogen) atoms. The highest BCUT2D eigenvalue weighted by Crippen LogP contribution is 2.22. The number of aromatic nitrogens is 1. The summed E-state index contributed by atoms with van der Waals surface area (Å²) in [7, 11) is 0. The van der Waals surface area contributed by atoms with E-state index in [-0.39, 0.29) is 0 Å². The fraction of sp³-hybridized carbons (Fsp3) is 0. The second-order valence-corrected chi connectivity index (χ2v) is 4.64. The van der Waals surface area contributed by atoms with E-state index in [0.29, 0.717) is 10.2 Å². The third-order valence-electron chi connectivity index (χ3n) is 3.13. The molecular formula is C16H11NOS. The van der Waals surface area contributed by atoms with Crippen LogP contribution in [-0.4, -0.2) is 10.9 Å². The Bertz CT molecular complexity index is 815. The van der Waals surface area contributed by atoms with Crippen LogP contribution >= 0.6 is 12.2 Å². The number of aldehydes is 1. The molecule has 3 rings (SSSR count). The van der Waals surface area contributed by atoms with Gasteiger partial charge in [-0.05, 0) is 23.6 Å². The van der Waals surface area contributed by atoms with Crippen LogP contribution < -0.4 is 0 Å². The molecule has 0 bridgehead atoms. The van der Waals surface area contributed by atoms with E-state index in [1.165, 1.54) is 0 Å². The molecule has 0 atom stereocenters. The second kappa shape index (κ2) is 4.78. The molecule has 0 N–H and O–H groups in total. The fourth-order valence-corrected chi connectivity index (χ4v) is 2.48. The summed E-state index contributed by atoms with van der Waals surface area (Å²) in [5.74, 6) is 0. The number of pyridine rings is 1. The van der Waals surface area contributed by atoms with Gasteiger partial charge in [-0.15, -0.1) is 0 Å². The topological polar surface area (TPSA) is 22.0 Å². The number of hydrogen-bond donors (Lipinski definition) is 0. The third-order valence-corrected chi connectivity index (χ3v) is 3.56. The first-order valence-electron chi connectivity index (χ1n) is 5.96. The lowest BCUT2D eigenvalue weighted by Crippen LogP contribution is -2.00. The van der Waals surface area contributed by atoms with Gasteiger partial charge >= 0.3 is 0 Å². The third kappa shape index (κ3) is 1.98. The van der Waals surface area contributed by atoms with Gasteiger partial charge in [0.2, 0.25) is 0 Å². The highest BCUT2D eigenvalue weighted by molar-refractivity contribution is 7.71. The van der Waals surface area contributed by atoms with Gasteiger partial charge < -0.3 is 4.57 Å². The van der Waals surface area contributed by atoms with Crippen molar-refractivity contribution in [3.05, 3.63) is 71.0 Å². The Morgan fingerprint density at radius 2 is 1.74 bits per heavy atom. The zero-order valence-corrected chi connectivity index (χ0v) is 10.9. The van der Waals surface area contributed by atoms with E-state index in [9.17, 15) is 4.79 Å². The Labute approximate surface area is 115 Å². The van der Waals surface area contributed by atoms with Crippen LogP contribution in [0.4, 0.5) is 0 Å². The summed E-state index contributed by atoms with van der Waals surface area (Å²) in [6.07, 6.45) is 2.68. The van der Waals surface area contributed by atoms with Gasteiger partial charge in [0.05, 0.1) is 5.69 Å². The maximum absolute atomic E-state index is 11.0. The average molecular weight is 265 g/mol. The Kier molecular flexibility index (Phi) is 2.97. The summed E-state index contributed by atoms with van der Waals surface area (Å²) < 4.78 is 2.41. The predicted octanol–water partition coefficient (Wildman–Crippen LogP) is 4.17. The number of benzene rings is 2. The molecule has 0 aliphatic rings. The summed E-state index contributed by atoms with van der Waals surface area (Å²) in [6, 6.07) is 17.8. The molecule has 0 radical (unpaired) electrons. The first kappa shape index (κ1) is 11.8. The molecule has 2 nitrogen and oxygen atoms in total. The summed E-state index contributed by atoms with van der Waals surface area (Å²) in [5, 5.41) is 2.27. The van der Waals surface area contributed by atoms with E-state index in [4.69, 9.17) is 12.2 Å². The van der Waals surface area contributed by atoms with Gasteiger partial charge in [-0.2, -0.15) is 0 Å². The van der Waals surface area contributed by atoms with E-state index >= 15 is 0 Å². The molecule has 0 saturated heterocycles. The summed E-state index contributed by atoms with van der Waals surface area (Å²) in [6.45, 7) is 0. The molecule has 0 unspecified atom stereocenters. The van der Waals surface area contributed by atoms with Crippen LogP contribution in [0.5, 0.6) is 0 Å². The van der Waals surface area contributed by atoms with Crippen molar-refractivity contribution in [2.45, 2.75) is 0 Å². The highest BCUT2D eigenvalue weighted by atomic mass is 32.1. The minimum Gasteiger partial charge on any atom is -0.307 e. The zero-order valence-electron chi connectivity index (χ0n) is 10.1. The van der Waals surface area contributed by atoms with E-state index in [1.807, 2.05) is 41.1 Å². The molecule has 0 saturated carbocycles. The Morgan fingerprint density at radius 3 is 2.58 bits per heavy atom. The van der Waals surface area contributed by atoms with E-state index in [0.717, 1.165) is 22.7 Å². The average Bonchev–Trinajstić information content (AvgIpc) is 2.47. The quantitative estimate of drug-likeness (QED) is 0.512. The number of rotatable bonds is 2. The lowest BCUT2D eigenvalue weighted by molar-refractivity contribution is 0.112. The Morgan fingerprint density at radius 1 is 0.947 bits per heavy atom. The Balaban J connectivity index is 2.37. The number of fused-ring (bicyclic) bond motifs is 1. The number of nitrogens with zero attached hydrogens (tertiary/aromatic N) is 1. The normalized spacial score (nSPS) is 10.5. The molecule has 1 aromatic heterocycles. The second-order valence-electron chi connectivity index (χ2n) is 4.25. The van der Waals surface area contributed by atoms with Crippen molar-refractivity contribution in [2.24, 2.45) is 0 Å². The van der Waals surface area contributed by atoms with Gasteiger partial charge in [-0.25, -0.2) is 0 Å². The largest absolute Gasteiger partial charge is 0.307 e. The summed E-state index contributed by atoms with van der Waals surface area (Å²) in [5.41, 5.74) is 1.53. The van der Waals surface area contributed by atoms with Crippen molar-refractivity contribution in [2.75, 3.05) is 0 Å². The molecule has 1 heterocycles. The molecule has 0 aliphatic carbocycles. The molecular weight excluding hydrogens is 254 g/mol. The molecule has 0 spiro atoms. The van der Waals surface area contributed by atoms with Crippen LogP contribution in [0.15, 0.2) is 60.8 Å². The highest BCUT2D eigenvalue weighted by Gasteiger charge is 2.04. The van der Waals surface area contributed by atoms with Gasteiger partial charge in [0, 0.05) is 17.1 Å². The minimum absolute atomic E-state index is 0.533. The van der Waals surface area contributed by atoms with Crippen LogP contribution in [0, 0.1) is 4.64 Å². The molecule has 3 aromatic rings. The lowest BCUT2D eigenvalue weighted by atomic mass is 10.1. The van der Waals surface area contributed by atoms with Crippen molar-refractivity contribution < 1.29 is 4.79 Å². The van der Waals surface area contributed by atoms with E-state index < -0.39 is 0 Å². The monoisotopic (exact) mass is 265 g/mol. The Hall–Kier alpha value is -2.26. The number of carbonyl (C=O) groups excluding carboxylic acids is 1. The first-order chi connectivity index (χ1) is 9.31. The predicted molar refractivity (Wildman–Crippen MR) is 79.5 cm³/mol. The first-order valence-corrected chi connectivity index (χ1v) is 6.37. The molecule has 0 aliphatic heterocycles. The van der Waals surface area contributed by atoms with Gasteiger partial charge in [0.1, 0.15) is 4.64 Å². The zero-order chi connectivity index (χ0) is 13.2. The van der Waals surface area contributed by atoms with Gasteiger partial charge in [0.15, 0.2) is 6.29 Å². The molecule has 0 amide bonds. The fourth-order valence-electron chi connectivity index (χ4n) is 2.21. The number of carbonyl (C=O) groups is 1. The van der Waals surface area contributed by atoms with Crippen LogP contribution in [-0.2, 0) is 0 Å². The summed E-state index contributed by atoms with van der Waals surface area (Å²) >= 11 is 5.37. The molecule has 0 fully saturated rings. The van der Waals surface area contributed by atoms with Crippen molar-refractivity contribution >= 4 is 29.3 Å². The SMILES string of the molecule is O=Cc1cccn(-c2cccc3ccccc23)c1=S. The van der Waals surface area contributed by atoms with Gasteiger partial charge in [-0.3, -0.25) is 4.79 Å². The van der Waals surface area contributed by atoms with Crippen molar-refractivity contribution in [3.63, 3.8) is 0 Å². The van der Waals surface area contributed by atoms with E-state index in [2.05, 4.69) is 18.2 Å². The maximum atomic E-state index is 11.0. The van der Waals surface area contributed by atoms with E-state index in [1.54, 1.807) is 6.07 Å². The minimum atomic E-state index is 0.533. The number of hydrogen-bond acceptors (Lipinski definition) is 2. The molecule has 3 heteroatoms. The lowest BCUT2D eigenvalue weighted by Gasteiger charge is -2.11. The van der Waals surface area contributed by atoms with Crippen LogP contribution in [0.2, 0.25) is 0 Å².